The number of imidazole rings is 1. The van der Waals surface area contributed by atoms with Gasteiger partial charge in [0.25, 0.3) is 0 Å². The van der Waals surface area contributed by atoms with E-state index in [1.807, 2.05) is 6.07 Å². The number of hydrogen-bond acceptors (Lipinski definition) is 5. The van der Waals surface area contributed by atoms with Crippen LogP contribution in [-0.2, 0) is 0 Å². The van der Waals surface area contributed by atoms with Crippen molar-refractivity contribution in [2.24, 2.45) is 0 Å². The molecule has 0 aliphatic rings. The number of carboxylic acid groups (broad SMARTS) is 1. The Morgan fingerprint density at radius 3 is 2.59 bits per heavy atom. The highest BCUT2D eigenvalue weighted by atomic mass is 19.1. The third-order valence-corrected chi connectivity index (χ3v) is 3.79. The van der Waals surface area contributed by atoms with E-state index in [9.17, 15) is 9.18 Å². The molecule has 0 bridgehead atoms. The number of carbonyl (C=O) groups is 1. The zero-order valence-electron chi connectivity index (χ0n) is 13.8. The summed E-state index contributed by atoms with van der Waals surface area (Å²) >= 11 is 0. The summed E-state index contributed by atoms with van der Waals surface area (Å²) in [5, 5.41) is 9.08. The summed E-state index contributed by atoms with van der Waals surface area (Å²) in [5.41, 5.74) is 1.51. The number of aromatic carboxylic acids is 1. The van der Waals surface area contributed by atoms with E-state index in [0.29, 0.717) is 28.6 Å². The molecule has 0 unspecified atom stereocenters. The molecular formula is C19H12FN5O2. The molecule has 4 aromatic rings. The summed E-state index contributed by atoms with van der Waals surface area (Å²) in [5.74, 6) is -0.863. The van der Waals surface area contributed by atoms with Crippen LogP contribution in [0.15, 0.2) is 67.3 Å². The smallest absolute Gasteiger partial charge is 0.356 e. The minimum Gasteiger partial charge on any atom is -0.476 e. The lowest BCUT2D eigenvalue weighted by molar-refractivity contribution is 0.0691. The van der Waals surface area contributed by atoms with Gasteiger partial charge in [-0.3, -0.25) is 9.55 Å². The van der Waals surface area contributed by atoms with Gasteiger partial charge in [0.1, 0.15) is 18.0 Å². The van der Waals surface area contributed by atoms with E-state index in [-0.39, 0.29) is 5.69 Å². The number of aromatic nitrogens is 5. The number of pyridine rings is 1. The van der Waals surface area contributed by atoms with E-state index >= 15 is 0 Å². The minimum atomic E-state index is -1.14. The van der Waals surface area contributed by atoms with Gasteiger partial charge in [-0.1, -0.05) is 18.2 Å². The summed E-state index contributed by atoms with van der Waals surface area (Å²) in [6.07, 6.45) is 4.34. The molecule has 0 aliphatic carbocycles. The first-order chi connectivity index (χ1) is 13.1. The lowest BCUT2D eigenvalue weighted by atomic mass is 10.2. The zero-order valence-corrected chi connectivity index (χ0v) is 13.8. The number of nitrogens with zero attached hydrogens (tertiary/aromatic N) is 5. The monoisotopic (exact) mass is 361 g/mol. The van der Waals surface area contributed by atoms with Crippen LogP contribution >= 0.6 is 0 Å². The van der Waals surface area contributed by atoms with Gasteiger partial charge >= 0.3 is 5.97 Å². The van der Waals surface area contributed by atoms with Crippen molar-refractivity contribution in [3.05, 3.63) is 78.8 Å². The standard InChI is InChI=1S/C19H12FN5O2/c20-13-5-3-4-12(8-13)18-23-15(14-6-1-2-7-21-14)9-17(24-18)25-10-16(19(26)27)22-11-25/h1-11H,(H,26,27). The van der Waals surface area contributed by atoms with Crippen LogP contribution in [0.5, 0.6) is 0 Å². The van der Waals surface area contributed by atoms with Crippen LogP contribution in [0.3, 0.4) is 0 Å². The van der Waals surface area contributed by atoms with Crippen molar-refractivity contribution in [2.45, 2.75) is 0 Å². The van der Waals surface area contributed by atoms with E-state index in [0.717, 1.165) is 0 Å². The predicted molar refractivity (Wildman–Crippen MR) is 94.7 cm³/mol. The van der Waals surface area contributed by atoms with E-state index < -0.39 is 11.8 Å². The first-order valence-electron chi connectivity index (χ1n) is 7.94. The van der Waals surface area contributed by atoms with Gasteiger partial charge in [-0.2, -0.15) is 0 Å². The normalized spacial score (nSPS) is 10.7. The molecule has 1 N–H and O–H groups in total. The van der Waals surface area contributed by atoms with Crippen LogP contribution in [0.4, 0.5) is 4.39 Å². The van der Waals surface area contributed by atoms with Crippen LogP contribution in [0.1, 0.15) is 10.5 Å². The van der Waals surface area contributed by atoms with Gasteiger partial charge in [0, 0.05) is 24.0 Å². The highest BCUT2D eigenvalue weighted by Crippen LogP contribution is 2.23. The molecule has 0 spiro atoms. The predicted octanol–water partition coefficient (Wildman–Crippen LogP) is 3.23. The topological polar surface area (TPSA) is 93.8 Å². The van der Waals surface area contributed by atoms with Crippen molar-refractivity contribution < 1.29 is 14.3 Å². The highest BCUT2D eigenvalue weighted by Gasteiger charge is 2.13. The van der Waals surface area contributed by atoms with Crippen molar-refractivity contribution in [3.8, 4) is 28.6 Å². The third-order valence-electron chi connectivity index (χ3n) is 3.79. The average molecular weight is 361 g/mol. The van der Waals surface area contributed by atoms with Crippen molar-refractivity contribution in [1.82, 2.24) is 24.5 Å². The third kappa shape index (κ3) is 3.40. The number of benzene rings is 1. The van der Waals surface area contributed by atoms with E-state index in [2.05, 4.69) is 19.9 Å². The van der Waals surface area contributed by atoms with Crippen molar-refractivity contribution in [2.75, 3.05) is 0 Å². The van der Waals surface area contributed by atoms with Gasteiger partial charge in [-0.15, -0.1) is 0 Å². The Labute approximate surface area is 152 Å². The molecule has 0 atom stereocenters. The van der Waals surface area contributed by atoms with Crippen LogP contribution in [0, 0.1) is 5.82 Å². The summed E-state index contributed by atoms with van der Waals surface area (Å²) in [6, 6.07) is 13.0. The maximum atomic E-state index is 13.6. The fourth-order valence-electron chi connectivity index (χ4n) is 2.53. The first-order valence-corrected chi connectivity index (χ1v) is 7.94. The molecule has 0 saturated carbocycles. The van der Waals surface area contributed by atoms with Crippen molar-refractivity contribution >= 4 is 5.97 Å². The second-order valence-corrected chi connectivity index (χ2v) is 5.63. The number of rotatable bonds is 4. The van der Waals surface area contributed by atoms with E-state index in [1.165, 1.54) is 29.2 Å². The summed E-state index contributed by atoms with van der Waals surface area (Å²) in [6.45, 7) is 0. The Kier molecular flexibility index (Phi) is 4.13. The summed E-state index contributed by atoms with van der Waals surface area (Å²) in [4.78, 5) is 28.2. The van der Waals surface area contributed by atoms with Gasteiger partial charge in [-0.05, 0) is 24.3 Å². The lowest BCUT2D eigenvalue weighted by Crippen LogP contribution is -2.02. The van der Waals surface area contributed by atoms with Crippen LogP contribution in [-0.4, -0.2) is 35.6 Å². The molecule has 0 radical (unpaired) electrons. The molecule has 1 aromatic carbocycles. The fourth-order valence-corrected chi connectivity index (χ4v) is 2.53. The quantitative estimate of drug-likeness (QED) is 0.600. The number of carboxylic acids is 1. The molecule has 0 aliphatic heterocycles. The maximum Gasteiger partial charge on any atom is 0.356 e. The van der Waals surface area contributed by atoms with E-state index in [1.54, 1.807) is 36.5 Å². The molecule has 3 aromatic heterocycles. The Hall–Kier alpha value is -3.94. The molecular weight excluding hydrogens is 349 g/mol. The summed E-state index contributed by atoms with van der Waals surface area (Å²) in [7, 11) is 0. The minimum absolute atomic E-state index is 0.111. The van der Waals surface area contributed by atoms with Gasteiger partial charge in [0.2, 0.25) is 0 Å². The fraction of sp³-hybridized carbons (Fsp3) is 0. The van der Waals surface area contributed by atoms with Crippen molar-refractivity contribution in [1.29, 1.82) is 0 Å². The van der Waals surface area contributed by atoms with Gasteiger partial charge in [0.05, 0.1) is 11.4 Å². The maximum absolute atomic E-state index is 13.6. The molecule has 7 nitrogen and oxygen atoms in total. The Balaban J connectivity index is 1.90. The average Bonchev–Trinajstić information content (AvgIpc) is 3.19. The van der Waals surface area contributed by atoms with Crippen LogP contribution < -0.4 is 0 Å². The molecule has 0 amide bonds. The Morgan fingerprint density at radius 1 is 1.00 bits per heavy atom. The van der Waals surface area contributed by atoms with Crippen LogP contribution in [0.2, 0.25) is 0 Å². The first kappa shape index (κ1) is 16.5. The lowest BCUT2D eigenvalue weighted by Gasteiger charge is -2.09. The number of halogens is 1. The second-order valence-electron chi connectivity index (χ2n) is 5.63. The van der Waals surface area contributed by atoms with Gasteiger partial charge in [0.15, 0.2) is 11.5 Å². The highest BCUT2D eigenvalue weighted by molar-refractivity contribution is 5.85. The Morgan fingerprint density at radius 2 is 1.89 bits per heavy atom. The molecule has 8 heteroatoms. The molecule has 4 rings (SSSR count). The van der Waals surface area contributed by atoms with Crippen molar-refractivity contribution in [3.63, 3.8) is 0 Å². The molecule has 0 saturated heterocycles. The molecule has 27 heavy (non-hydrogen) atoms. The zero-order chi connectivity index (χ0) is 18.8. The molecule has 0 fully saturated rings. The molecule has 132 valence electrons. The summed E-state index contributed by atoms with van der Waals surface area (Å²) < 4.78 is 15.1. The van der Waals surface area contributed by atoms with Gasteiger partial charge in [-0.25, -0.2) is 24.1 Å². The van der Waals surface area contributed by atoms with Crippen LogP contribution in [0.25, 0.3) is 28.6 Å². The van der Waals surface area contributed by atoms with Gasteiger partial charge < -0.3 is 5.11 Å². The largest absolute Gasteiger partial charge is 0.476 e. The Bertz CT molecular complexity index is 1130. The SMILES string of the molecule is O=C(O)c1cn(-c2cc(-c3ccccn3)nc(-c3cccc(F)c3)n2)cn1. The van der Waals surface area contributed by atoms with E-state index in [4.69, 9.17) is 5.11 Å². The number of hydrogen-bond donors (Lipinski definition) is 1. The second kappa shape index (κ2) is 6.75. The molecule has 3 heterocycles.